The number of hydrogen-bond donors (Lipinski definition) is 1. The van der Waals surface area contributed by atoms with Gasteiger partial charge in [-0.15, -0.1) is 0 Å². The minimum absolute atomic E-state index is 0.0454. The second-order valence-corrected chi connectivity index (χ2v) is 9.37. The van der Waals surface area contributed by atoms with Crippen LogP contribution in [0.25, 0.3) is 0 Å². The fourth-order valence-electron chi connectivity index (χ4n) is 3.14. The van der Waals surface area contributed by atoms with E-state index in [9.17, 15) is 13.2 Å². The van der Waals surface area contributed by atoms with Crippen LogP contribution in [-0.4, -0.2) is 57.7 Å². The van der Waals surface area contributed by atoms with E-state index < -0.39 is 16.1 Å². The number of carbonyl (C=O) groups is 1. The first-order valence-corrected chi connectivity index (χ1v) is 11.2. The summed E-state index contributed by atoms with van der Waals surface area (Å²) >= 11 is 12.2. The van der Waals surface area contributed by atoms with Crippen molar-refractivity contribution in [2.24, 2.45) is 0 Å². The summed E-state index contributed by atoms with van der Waals surface area (Å²) in [6.45, 7) is 3.57. The molecule has 0 bridgehead atoms. The zero-order valence-corrected chi connectivity index (χ0v) is 17.5. The molecule has 0 spiro atoms. The van der Waals surface area contributed by atoms with Gasteiger partial charge < -0.3 is 10.2 Å². The smallest absolute Gasteiger partial charge is 0.244 e. The molecular formula is C17H25Cl2N3O3S. The maximum absolute atomic E-state index is 12.9. The number of sulfonamides is 1. The Morgan fingerprint density at radius 3 is 2.50 bits per heavy atom. The van der Waals surface area contributed by atoms with E-state index in [1.807, 2.05) is 7.05 Å². The van der Waals surface area contributed by atoms with E-state index in [-0.39, 0.29) is 22.7 Å². The predicted octanol–water partition coefficient (Wildman–Crippen LogP) is 2.75. The van der Waals surface area contributed by atoms with Gasteiger partial charge in [0.1, 0.15) is 6.04 Å². The van der Waals surface area contributed by atoms with E-state index in [4.69, 9.17) is 23.2 Å². The molecular weight excluding hydrogens is 397 g/mol. The van der Waals surface area contributed by atoms with Gasteiger partial charge in [0.25, 0.3) is 0 Å². The maximum Gasteiger partial charge on any atom is 0.244 e. The van der Waals surface area contributed by atoms with Crippen molar-refractivity contribution >= 4 is 44.8 Å². The third-order valence-electron chi connectivity index (χ3n) is 4.54. The van der Waals surface area contributed by atoms with Crippen molar-refractivity contribution in [2.45, 2.75) is 38.3 Å². The summed E-state index contributed by atoms with van der Waals surface area (Å²) in [6.07, 6.45) is 3.06. The number of halogens is 2. The van der Waals surface area contributed by atoms with Crippen LogP contribution in [0, 0.1) is 0 Å². The highest BCUT2D eigenvalue weighted by atomic mass is 35.5. The second kappa shape index (κ2) is 8.78. The molecule has 1 aromatic rings. The second-order valence-electron chi connectivity index (χ2n) is 6.66. The molecule has 1 aliphatic heterocycles. The first kappa shape index (κ1) is 21.3. The van der Waals surface area contributed by atoms with E-state index in [1.165, 1.54) is 12.1 Å². The molecule has 0 aliphatic carbocycles. The molecule has 1 heterocycles. The van der Waals surface area contributed by atoms with Crippen molar-refractivity contribution in [1.29, 1.82) is 0 Å². The number of piperidine rings is 1. The maximum atomic E-state index is 12.9. The van der Waals surface area contributed by atoms with E-state index in [0.717, 1.165) is 36.5 Å². The summed E-state index contributed by atoms with van der Waals surface area (Å²) in [7, 11) is -1.70. The molecule has 1 aromatic carbocycles. The Balaban J connectivity index is 2.30. The fourth-order valence-corrected chi connectivity index (χ4v) is 4.78. The topological polar surface area (TPSA) is 69.7 Å². The van der Waals surface area contributed by atoms with Gasteiger partial charge in [0.15, 0.2) is 0 Å². The molecule has 0 aromatic heterocycles. The van der Waals surface area contributed by atoms with Gasteiger partial charge in [0.05, 0.1) is 17.0 Å². The summed E-state index contributed by atoms with van der Waals surface area (Å²) < 4.78 is 26.0. The number of hydrogen-bond acceptors (Lipinski definition) is 4. The summed E-state index contributed by atoms with van der Waals surface area (Å²) in [5.41, 5.74) is 0.215. The Morgan fingerprint density at radius 2 is 1.96 bits per heavy atom. The van der Waals surface area contributed by atoms with Gasteiger partial charge in [-0.1, -0.05) is 30.1 Å². The molecule has 1 saturated heterocycles. The lowest BCUT2D eigenvalue weighted by Crippen LogP contribution is -2.53. The van der Waals surface area contributed by atoms with Crippen LogP contribution in [0.1, 0.15) is 26.2 Å². The van der Waals surface area contributed by atoms with E-state index in [0.29, 0.717) is 11.4 Å². The van der Waals surface area contributed by atoms with Crippen LogP contribution >= 0.6 is 23.2 Å². The molecule has 26 heavy (non-hydrogen) atoms. The molecule has 0 saturated carbocycles. The third kappa shape index (κ3) is 5.25. The van der Waals surface area contributed by atoms with Gasteiger partial charge in [-0.25, -0.2) is 8.42 Å². The first-order chi connectivity index (χ1) is 12.1. The lowest BCUT2D eigenvalue weighted by atomic mass is 10.0. The molecule has 1 aliphatic rings. The van der Waals surface area contributed by atoms with E-state index >= 15 is 0 Å². The van der Waals surface area contributed by atoms with Crippen molar-refractivity contribution < 1.29 is 13.2 Å². The van der Waals surface area contributed by atoms with Gasteiger partial charge >= 0.3 is 0 Å². The van der Waals surface area contributed by atoms with Gasteiger partial charge in [-0.2, -0.15) is 0 Å². The zero-order chi connectivity index (χ0) is 19.5. The molecule has 2 rings (SSSR count). The number of anilines is 1. The molecule has 1 atom stereocenters. The number of benzene rings is 1. The number of carbonyl (C=O) groups excluding carboxylic acids is 1. The van der Waals surface area contributed by atoms with Crippen LogP contribution in [0.5, 0.6) is 0 Å². The zero-order valence-electron chi connectivity index (χ0n) is 15.2. The quantitative estimate of drug-likeness (QED) is 0.766. The van der Waals surface area contributed by atoms with Crippen LogP contribution in [0.2, 0.25) is 10.0 Å². The van der Waals surface area contributed by atoms with Crippen molar-refractivity contribution in [3.63, 3.8) is 0 Å². The number of likely N-dealkylation sites (tertiary alicyclic amines) is 1. The molecule has 0 radical (unpaired) electrons. The molecule has 1 N–H and O–H groups in total. The number of rotatable bonds is 6. The number of nitrogens with zero attached hydrogens (tertiary/aromatic N) is 2. The fraction of sp³-hybridized carbons (Fsp3) is 0.588. The van der Waals surface area contributed by atoms with Crippen LogP contribution < -0.4 is 9.62 Å². The highest BCUT2D eigenvalue weighted by Crippen LogP contribution is 2.33. The molecule has 6 nitrogen and oxygen atoms in total. The summed E-state index contributed by atoms with van der Waals surface area (Å²) in [5.74, 6) is -0.316. The van der Waals surface area contributed by atoms with Crippen molar-refractivity contribution in [3.05, 3.63) is 28.2 Å². The lowest BCUT2D eigenvalue weighted by Gasteiger charge is -2.34. The molecule has 1 fully saturated rings. The monoisotopic (exact) mass is 421 g/mol. The Hall–Kier alpha value is -1.02. The van der Waals surface area contributed by atoms with Crippen LogP contribution in [-0.2, 0) is 14.8 Å². The minimum atomic E-state index is -3.74. The van der Waals surface area contributed by atoms with Crippen LogP contribution in [0.15, 0.2) is 18.2 Å². The molecule has 1 amide bonds. The summed E-state index contributed by atoms with van der Waals surface area (Å²) in [4.78, 5) is 15.1. The van der Waals surface area contributed by atoms with Crippen molar-refractivity contribution in [3.8, 4) is 0 Å². The molecule has 146 valence electrons. The Labute approximate surface area is 165 Å². The van der Waals surface area contributed by atoms with Gasteiger partial charge in [0, 0.05) is 11.1 Å². The van der Waals surface area contributed by atoms with E-state index in [2.05, 4.69) is 10.2 Å². The first-order valence-electron chi connectivity index (χ1n) is 8.56. The highest BCUT2D eigenvalue weighted by molar-refractivity contribution is 7.92. The van der Waals surface area contributed by atoms with Crippen LogP contribution in [0.3, 0.4) is 0 Å². The number of nitrogens with one attached hydrogen (secondary N) is 1. The lowest BCUT2D eigenvalue weighted by molar-refractivity contribution is -0.123. The average Bonchev–Trinajstić information content (AvgIpc) is 2.56. The Morgan fingerprint density at radius 1 is 1.35 bits per heavy atom. The largest absolute Gasteiger partial charge is 0.351 e. The normalized spacial score (nSPS) is 17.7. The van der Waals surface area contributed by atoms with Gasteiger partial charge in [0.2, 0.25) is 15.9 Å². The predicted molar refractivity (Wildman–Crippen MR) is 107 cm³/mol. The van der Waals surface area contributed by atoms with Crippen molar-refractivity contribution in [1.82, 2.24) is 10.2 Å². The van der Waals surface area contributed by atoms with Crippen LogP contribution in [0.4, 0.5) is 5.69 Å². The number of amides is 1. The third-order valence-corrected chi connectivity index (χ3v) is 6.26. The highest BCUT2D eigenvalue weighted by Gasteiger charge is 2.34. The Bertz CT molecular complexity index is 750. The van der Waals surface area contributed by atoms with E-state index in [1.54, 1.807) is 13.0 Å². The molecule has 9 heteroatoms. The average molecular weight is 422 g/mol. The molecule has 0 unspecified atom stereocenters. The Kier molecular flexibility index (Phi) is 7.19. The SMILES string of the molecule is CC[C@H](C(=O)NC1CCN(C)CC1)N(c1cc(Cl)ccc1Cl)S(C)(=O)=O. The summed E-state index contributed by atoms with van der Waals surface area (Å²) in [5, 5.41) is 3.58. The van der Waals surface area contributed by atoms with Gasteiger partial charge in [-0.3, -0.25) is 9.10 Å². The minimum Gasteiger partial charge on any atom is -0.351 e. The standard InChI is InChI=1S/C17H25Cl2N3O3S/c1-4-15(17(23)20-13-7-9-21(2)10-8-13)22(26(3,24)25)16-11-12(18)5-6-14(16)19/h5-6,11,13,15H,4,7-10H2,1-3H3,(H,20,23)/t15-/m1/s1. The van der Waals surface area contributed by atoms with Crippen molar-refractivity contribution in [2.75, 3.05) is 30.7 Å². The summed E-state index contributed by atoms with van der Waals surface area (Å²) in [6, 6.07) is 3.73. The van der Waals surface area contributed by atoms with Gasteiger partial charge in [-0.05, 0) is 57.6 Å².